The molecule has 0 radical (unpaired) electrons. The Hall–Kier alpha value is -3.05. The van der Waals surface area contributed by atoms with E-state index in [0.29, 0.717) is 18.2 Å². The number of nitrogen functional groups attached to an aromatic ring is 2. The van der Waals surface area contributed by atoms with Gasteiger partial charge in [0, 0.05) is 13.6 Å². The third-order valence-electron chi connectivity index (χ3n) is 3.99. The van der Waals surface area contributed by atoms with Crippen LogP contribution in [-0.4, -0.2) is 65.6 Å². The van der Waals surface area contributed by atoms with Gasteiger partial charge in [0.05, 0.1) is 24.6 Å². The molecule has 0 saturated heterocycles. The number of aromatic nitrogens is 2. The maximum Gasteiger partial charge on any atom is 0.224 e. The fraction of sp³-hybridized carbons (Fsp3) is 0.421. The molecule has 1 aromatic heterocycles. The Morgan fingerprint density at radius 2 is 2.03 bits per heavy atom. The van der Waals surface area contributed by atoms with Crippen LogP contribution in [0.4, 0.5) is 22.0 Å². The van der Waals surface area contributed by atoms with Gasteiger partial charge in [-0.15, -0.1) is 0 Å². The third-order valence-corrected chi connectivity index (χ3v) is 4.36. The second kappa shape index (κ2) is 12.6. The van der Waals surface area contributed by atoms with Gasteiger partial charge in [0.2, 0.25) is 5.95 Å². The summed E-state index contributed by atoms with van der Waals surface area (Å²) < 4.78 is 13.7. The number of aliphatic imine (C=N–C) groups is 3. The van der Waals surface area contributed by atoms with Gasteiger partial charge < -0.3 is 21.7 Å². The number of anilines is 3. The van der Waals surface area contributed by atoms with Crippen LogP contribution in [-0.2, 0) is 0 Å². The maximum absolute atomic E-state index is 13.7. The largest absolute Gasteiger partial charge is 0.382 e. The van der Waals surface area contributed by atoms with E-state index < -0.39 is 11.9 Å². The lowest BCUT2D eigenvalue weighted by atomic mass is 10.2. The van der Waals surface area contributed by atoms with Crippen molar-refractivity contribution in [2.45, 2.75) is 33.0 Å². The Kier molecular flexibility index (Phi) is 10.6. The van der Waals surface area contributed by atoms with Crippen molar-refractivity contribution in [3.63, 3.8) is 0 Å². The average Bonchev–Trinajstić information content (AvgIpc) is 2.73. The predicted octanol–water partition coefficient (Wildman–Crippen LogP) is 2.48. The van der Waals surface area contributed by atoms with Gasteiger partial charge in [0.15, 0.2) is 5.82 Å². The second-order valence-electron chi connectivity index (χ2n) is 6.34. The number of allylic oxidation sites excluding steroid dienone is 2. The zero-order valence-corrected chi connectivity index (χ0v) is 19.2. The highest BCUT2D eigenvalue weighted by atomic mass is 35.5. The molecule has 0 saturated carbocycles. The Labute approximate surface area is 187 Å². The number of nitrogens with zero attached hydrogens (tertiary/aromatic N) is 6. The molecule has 1 rings (SSSR count). The number of rotatable bonds is 9. The Bertz CT molecular complexity index is 881. The average molecular weight is 453 g/mol. The molecular weight excluding hydrogens is 423 g/mol. The fourth-order valence-electron chi connectivity index (χ4n) is 2.28. The lowest BCUT2D eigenvalue weighted by molar-refractivity contribution is 0.643. The van der Waals surface area contributed by atoms with Crippen LogP contribution in [0.2, 0.25) is 5.02 Å². The van der Waals surface area contributed by atoms with E-state index in [0.717, 1.165) is 12.3 Å². The van der Waals surface area contributed by atoms with Crippen LogP contribution in [0.5, 0.6) is 0 Å². The Morgan fingerprint density at radius 1 is 1.35 bits per heavy atom. The van der Waals surface area contributed by atoms with E-state index in [2.05, 4.69) is 42.2 Å². The Balaban J connectivity index is 3.37. The molecule has 0 aliphatic heterocycles. The van der Waals surface area contributed by atoms with Crippen LogP contribution in [0.15, 0.2) is 39.7 Å². The molecule has 0 fully saturated rings. The smallest absolute Gasteiger partial charge is 0.224 e. The van der Waals surface area contributed by atoms with E-state index in [1.54, 1.807) is 32.1 Å². The van der Waals surface area contributed by atoms with Crippen molar-refractivity contribution in [3.05, 3.63) is 29.7 Å². The summed E-state index contributed by atoms with van der Waals surface area (Å²) in [5.41, 5.74) is 11.4. The van der Waals surface area contributed by atoms with Crippen LogP contribution < -0.4 is 22.1 Å². The normalized spacial score (nSPS) is 15.1. The monoisotopic (exact) mass is 452 g/mol. The number of nitrogens with one attached hydrogen (secondary N) is 2. The minimum Gasteiger partial charge on any atom is -0.382 e. The molecule has 12 heteroatoms. The number of likely N-dealkylation sites (N-methyl/N-ethyl adjacent to an activating group) is 1. The van der Waals surface area contributed by atoms with E-state index >= 15 is 0 Å². The molecule has 0 aromatic carbocycles. The quantitative estimate of drug-likeness (QED) is 0.256. The van der Waals surface area contributed by atoms with Crippen LogP contribution in [0.3, 0.4) is 0 Å². The lowest BCUT2D eigenvalue weighted by Crippen LogP contribution is -2.43. The molecule has 1 aromatic rings. The maximum atomic E-state index is 13.7. The first-order chi connectivity index (χ1) is 14.6. The van der Waals surface area contributed by atoms with Crippen LogP contribution in [0.25, 0.3) is 0 Å². The van der Waals surface area contributed by atoms with E-state index in [9.17, 15) is 4.39 Å². The summed E-state index contributed by atoms with van der Waals surface area (Å²) >= 11 is 6.20. The molecule has 2 atom stereocenters. The summed E-state index contributed by atoms with van der Waals surface area (Å²) in [6.45, 7) is 9.48. The molecule has 0 aliphatic carbocycles. The van der Waals surface area contributed by atoms with Gasteiger partial charge in [-0.25, -0.2) is 9.38 Å². The topological polar surface area (TPSA) is 142 Å². The molecule has 0 spiro atoms. The van der Waals surface area contributed by atoms with Crippen molar-refractivity contribution in [2.75, 3.05) is 37.4 Å². The molecule has 0 aliphatic rings. The summed E-state index contributed by atoms with van der Waals surface area (Å²) in [5.74, 6) is 0.548. The minimum absolute atomic E-state index is 0.0368. The zero-order chi connectivity index (χ0) is 23.6. The molecule has 0 amide bonds. The Morgan fingerprint density at radius 3 is 2.61 bits per heavy atom. The van der Waals surface area contributed by atoms with Gasteiger partial charge >= 0.3 is 0 Å². The molecule has 0 bridgehead atoms. The first kappa shape index (κ1) is 26.0. The van der Waals surface area contributed by atoms with Crippen molar-refractivity contribution in [1.29, 1.82) is 0 Å². The van der Waals surface area contributed by atoms with Crippen molar-refractivity contribution in [3.8, 4) is 0 Å². The first-order valence-corrected chi connectivity index (χ1v) is 9.91. The van der Waals surface area contributed by atoms with E-state index in [-0.39, 0.29) is 28.8 Å². The van der Waals surface area contributed by atoms with Crippen molar-refractivity contribution in [1.82, 2.24) is 20.2 Å². The molecule has 6 N–H and O–H groups in total. The zero-order valence-electron chi connectivity index (χ0n) is 18.4. The summed E-state index contributed by atoms with van der Waals surface area (Å²) in [4.78, 5) is 22.7. The van der Waals surface area contributed by atoms with Crippen LogP contribution in [0.1, 0.15) is 20.8 Å². The number of hydrogen-bond acceptors (Lipinski definition) is 9. The molecule has 31 heavy (non-hydrogen) atoms. The highest BCUT2D eigenvalue weighted by Gasteiger charge is 2.21. The number of halogens is 2. The number of hydrogen-bond donors (Lipinski definition) is 4. The molecular formula is C19H30ClFN10. The van der Waals surface area contributed by atoms with Gasteiger partial charge in [-0.05, 0) is 33.9 Å². The lowest BCUT2D eigenvalue weighted by Gasteiger charge is -2.26. The second-order valence-corrected chi connectivity index (χ2v) is 6.71. The van der Waals surface area contributed by atoms with Crippen LogP contribution >= 0.6 is 11.6 Å². The summed E-state index contributed by atoms with van der Waals surface area (Å²) in [6, 6.07) is -0.512. The van der Waals surface area contributed by atoms with Crippen molar-refractivity contribution < 1.29 is 4.39 Å². The number of amidine groups is 2. The fourth-order valence-corrected chi connectivity index (χ4v) is 2.42. The van der Waals surface area contributed by atoms with Gasteiger partial charge in [0.25, 0.3) is 0 Å². The van der Waals surface area contributed by atoms with Gasteiger partial charge in [-0.2, -0.15) is 9.97 Å². The van der Waals surface area contributed by atoms with E-state index in [1.807, 2.05) is 13.8 Å². The van der Waals surface area contributed by atoms with E-state index in [4.69, 9.17) is 23.1 Å². The summed E-state index contributed by atoms with van der Waals surface area (Å²) in [5, 5.41) is 6.21. The number of nitrogens with two attached hydrogens (primary N) is 2. The van der Waals surface area contributed by atoms with Crippen molar-refractivity contribution >= 4 is 47.1 Å². The minimum atomic E-state index is -0.599. The molecule has 170 valence electrons. The molecule has 1 heterocycles. The summed E-state index contributed by atoms with van der Waals surface area (Å²) in [6.07, 6.45) is 3.61. The van der Waals surface area contributed by atoms with Crippen molar-refractivity contribution in [2.24, 2.45) is 15.0 Å². The molecule has 10 nitrogen and oxygen atoms in total. The standard InChI is InChI=1S/C19H30ClFN10/c1-7-13(21)9-27-18(31(6)14(25-8-2)10-26-12(4)24-5)11(3)28-17-15(20)16(22)29-19(23)30-17/h7,9-12,24H,1,8H2,2-6H3,(H5,22,23,28,29,30)/b13-9+,25-14+,26-10-,27-18-/t11-,12?/m0/s1. The predicted molar refractivity (Wildman–Crippen MR) is 129 cm³/mol. The van der Waals surface area contributed by atoms with Gasteiger partial charge in [0.1, 0.15) is 28.3 Å². The SMILES string of the molecule is C=C/C(F)=C\N=C(\[C@H](C)Nc1nc(N)nc(N)c1Cl)N(C)C(/C=N\C(C)NC)=N/CC. The van der Waals surface area contributed by atoms with Gasteiger partial charge in [-0.3, -0.25) is 15.3 Å². The van der Waals surface area contributed by atoms with Crippen LogP contribution in [0, 0.1) is 0 Å². The first-order valence-electron chi connectivity index (χ1n) is 9.53. The highest BCUT2D eigenvalue weighted by Crippen LogP contribution is 2.26. The third kappa shape index (κ3) is 7.95. The highest BCUT2D eigenvalue weighted by molar-refractivity contribution is 6.35. The van der Waals surface area contributed by atoms with Gasteiger partial charge in [-0.1, -0.05) is 18.2 Å². The molecule has 1 unspecified atom stereocenters. The summed E-state index contributed by atoms with van der Waals surface area (Å²) in [7, 11) is 3.54. The van der Waals surface area contributed by atoms with E-state index in [1.165, 1.54) is 0 Å².